The Hall–Kier alpha value is -0.790. The topological polar surface area (TPSA) is 20.3 Å². The molecule has 56 valence electrons. The fourth-order valence-electron chi connectivity index (χ4n) is 1.19. The van der Waals surface area contributed by atoms with Gasteiger partial charge in [0.15, 0.2) is 0 Å². The molecule has 0 atom stereocenters. The van der Waals surface area contributed by atoms with Crippen molar-refractivity contribution >= 4 is 5.91 Å². The Morgan fingerprint density at radius 1 is 1.70 bits per heavy atom. The Balaban J connectivity index is 2.50. The maximum atomic E-state index is 10.9. The molecular formula is C8H13NO. The Morgan fingerprint density at radius 2 is 2.40 bits per heavy atom. The van der Waals surface area contributed by atoms with E-state index in [1.54, 1.807) is 11.0 Å². The molecule has 1 amide bonds. The number of nitrogens with zero attached hydrogens (tertiary/aromatic N) is 1. The van der Waals surface area contributed by atoms with Crippen molar-refractivity contribution in [2.24, 2.45) is 0 Å². The Bertz CT molecular complexity index is 172. The van der Waals surface area contributed by atoms with E-state index in [4.69, 9.17) is 0 Å². The van der Waals surface area contributed by atoms with Gasteiger partial charge in [-0.25, -0.2) is 0 Å². The smallest absolute Gasteiger partial charge is 0.246 e. The first-order chi connectivity index (χ1) is 4.74. The lowest BCUT2D eigenvalue weighted by Gasteiger charge is -2.07. The first kappa shape index (κ1) is 7.32. The van der Waals surface area contributed by atoms with Gasteiger partial charge < -0.3 is 4.90 Å². The van der Waals surface area contributed by atoms with Crippen LogP contribution in [0.5, 0.6) is 0 Å². The summed E-state index contributed by atoms with van der Waals surface area (Å²) in [6.07, 6.45) is 3.95. The summed E-state index contributed by atoms with van der Waals surface area (Å²) >= 11 is 0. The number of carbonyl (C=O) groups excluding carboxylic acids is 1. The first-order valence-corrected chi connectivity index (χ1v) is 3.68. The second kappa shape index (κ2) is 2.86. The predicted octanol–water partition coefficient (Wildman–Crippen LogP) is 1.18. The molecule has 0 N–H and O–H groups in total. The lowest BCUT2D eigenvalue weighted by molar-refractivity contribution is -0.123. The van der Waals surface area contributed by atoms with Crippen LogP contribution >= 0.6 is 0 Å². The zero-order valence-corrected chi connectivity index (χ0v) is 6.55. The van der Waals surface area contributed by atoms with E-state index >= 15 is 0 Å². The van der Waals surface area contributed by atoms with E-state index < -0.39 is 0 Å². The van der Waals surface area contributed by atoms with E-state index in [0.29, 0.717) is 0 Å². The molecule has 0 saturated heterocycles. The van der Waals surface area contributed by atoms with E-state index in [0.717, 1.165) is 19.4 Å². The number of amides is 1. The largest absolute Gasteiger partial charge is 0.338 e. The third kappa shape index (κ3) is 1.38. The van der Waals surface area contributed by atoms with Gasteiger partial charge in [0.25, 0.3) is 0 Å². The van der Waals surface area contributed by atoms with Crippen molar-refractivity contribution in [1.82, 2.24) is 4.90 Å². The highest BCUT2D eigenvalue weighted by atomic mass is 16.2. The fourth-order valence-corrected chi connectivity index (χ4v) is 1.19. The summed E-state index contributed by atoms with van der Waals surface area (Å²) in [7, 11) is 1.83. The lowest BCUT2D eigenvalue weighted by atomic mass is 10.2. The van der Waals surface area contributed by atoms with E-state index in [9.17, 15) is 4.79 Å². The molecule has 0 aromatic rings. The summed E-state index contributed by atoms with van der Waals surface area (Å²) in [6.45, 7) is 2.97. The van der Waals surface area contributed by atoms with Crippen molar-refractivity contribution in [1.29, 1.82) is 0 Å². The minimum absolute atomic E-state index is 0.156. The van der Waals surface area contributed by atoms with Crippen LogP contribution in [0.25, 0.3) is 0 Å². The van der Waals surface area contributed by atoms with Gasteiger partial charge in [-0.1, -0.05) is 13.3 Å². The zero-order chi connectivity index (χ0) is 7.56. The van der Waals surface area contributed by atoms with Crippen LogP contribution in [-0.2, 0) is 4.79 Å². The molecule has 2 nitrogen and oxygen atoms in total. The lowest BCUT2D eigenvalue weighted by Crippen LogP contribution is -2.19. The van der Waals surface area contributed by atoms with Crippen molar-refractivity contribution in [3.63, 3.8) is 0 Å². The molecule has 0 aromatic carbocycles. The summed E-state index contributed by atoms with van der Waals surface area (Å²) in [5, 5.41) is 0. The molecule has 1 heterocycles. The molecule has 0 aliphatic carbocycles. The Kier molecular flexibility index (Phi) is 2.10. The molecular weight excluding hydrogens is 126 g/mol. The number of hydrogen-bond acceptors (Lipinski definition) is 1. The molecule has 0 bridgehead atoms. The number of rotatable bonds is 2. The summed E-state index contributed by atoms with van der Waals surface area (Å²) in [5.74, 6) is 0.156. The van der Waals surface area contributed by atoms with Crippen LogP contribution in [0, 0.1) is 0 Å². The van der Waals surface area contributed by atoms with E-state index in [2.05, 4.69) is 6.92 Å². The van der Waals surface area contributed by atoms with E-state index in [1.807, 2.05) is 7.05 Å². The molecule has 0 unspecified atom stereocenters. The normalized spacial score (nSPS) is 18.0. The molecule has 1 rings (SSSR count). The molecule has 0 saturated carbocycles. The van der Waals surface area contributed by atoms with Crippen LogP contribution in [0.15, 0.2) is 11.6 Å². The molecule has 1 aliphatic rings. The highest BCUT2D eigenvalue weighted by molar-refractivity contribution is 5.90. The molecule has 1 aliphatic heterocycles. The fraction of sp³-hybridized carbons (Fsp3) is 0.625. The summed E-state index contributed by atoms with van der Waals surface area (Å²) in [6, 6.07) is 0. The molecule has 0 radical (unpaired) electrons. The average Bonchev–Trinajstić information content (AvgIpc) is 2.14. The number of hydrogen-bond donors (Lipinski definition) is 0. The Labute approximate surface area is 61.5 Å². The highest BCUT2D eigenvalue weighted by Crippen LogP contribution is 2.12. The maximum absolute atomic E-state index is 10.9. The minimum Gasteiger partial charge on any atom is -0.338 e. The molecule has 2 heteroatoms. The average molecular weight is 139 g/mol. The highest BCUT2D eigenvalue weighted by Gasteiger charge is 2.15. The van der Waals surface area contributed by atoms with E-state index in [-0.39, 0.29) is 5.91 Å². The van der Waals surface area contributed by atoms with Gasteiger partial charge in [-0.2, -0.15) is 0 Å². The minimum atomic E-state index is 0.156. The van der Waals surface area contributed by atoms with Gasteiger partial charge in [-0.15, -0.1) is 0 Å². The van der Waals surface area contributed by atoms with Crippen molar-refractivity contribution in [2.75, 3.05) is 13.6 Å². The molecule has 0 spiro atoms. The van der Waals surface area contributed by atoms with Crippen molar-refractivity contribution in [2.45, 2.75) is 19.8 Å². The predicted molar refractivity (Wildman–Crippen MR) is 40.6 cm³/mol. The van der Waals surface area contributed by atoms with Crippen molar-refractivity contribution in [3.8, 4) is 0 Å². The monoisotopic (exact) mass is 139 g/mol. The quantitative estimate of drug-likeness (QED) is 0.562. The van der Waals surface area contributed by atoms with Crippen molar-refractivity contribution in [3.05, 3.63) is 11.6 Å². The summed E-state index contributed by atoms with van der Waals surface area (Å²) in [4.78, 5) is 12.6. The second-order valence-electron chi connectivity index (χ2n) is 2.75. The number of likely N-dealkylation sites (N-methyl/N-ethyl adjacent to an activating group) is 1. The third-order valence-corrected chi connectivity index (χ3v) is 1.72. The molecule has 0 fully saturated rings. The SMILES string of the molecule is CCCC1=CC(=O)N(C)C1. The van der Waals surface area contributed by atoms with Crippen LogP contribution < -0.4 is 0 Å². The molecule has 0 aromatic heterocycles. The van der Waals surface area contributed by atoms with Crippen LogP contribution in [0.3, 0.4) is 0 Å². The van der Waals surface area contributed by atoms with Gasteiger partial charge in [-0.3, -0.25) is 4.79 Å². The number of carbonyl (C=O) groups is 1. The van der Waals surface area contributed by atoms with Crippen molar-refractivity contribution < 1.29 is 4.79 Å². The van der Waals surface area contributed by atoms with Crippen LogP contribution in [0.1, 0.15) is 19.8 Å². The summed E-state index contributed by atoms with van der Waals surface area (Å²) < 4.78 is 0. The van der Waals surface area contributed by atoms with Gasteiger partial charge in [0.05, 0.1) is 0 Å². The van der Waals surface area contributed by atoms with Gasteiger partial charge >= 0.3 is 0 Å². The van der Waals surface area contributed by atoms with Gasteiger partial charge in [0.2, 0.25) is 5.91 Å². The summed E-state index contributed by atoms with van der Waals surface area (Å²) in [5.41, 5.74) is 1.27. The van der Waals surface area contributed by atoms with Crippen LogP contribution in [-0.4, -0.2) is 24.4 Å². The first-order valence-electron chi connectivity index (χ1n) is 3.68. The third-order valence-electron chi connectivity index (χ3n) is 1.72. The van der Waals surface area contributed by atoms with Gasteiger partial charge in [0.1, 0.15) is 0 Å². The van der Waals surface area contributed by atoms with E-state index in [1.165, 1.54) is 5.57 Å². The van der Waals surface area contributed by atoms with Gasteiger partial charge in [-0.05, 0) is 12.0 Å². The standard InChI is InChI=1S/C8H13NO/c1-3-4-7-5-8(10)9(2)6-7/h5H,3-4,6H2,1-2H3. The second-order valence-corrected chi connectivity index (χ2v) is 2.75. The molecule has 10 heavy (non-hydrogen) atoms. The van der Waals surface area contributed by atoms with Crippen LogP contribution in [0.4, 0.5) is 0 Å². The van der Waals surface area contributed by atoms with Crippen LogP contribution in [0.2, 0.25) is 0 Å². The maximum Gasteiger partial charge on any atom is 0.246 e. The Morgan fingerprint density at radius 3 is 2.80 bits per heavy atom. The van der Waals surface area contributed by atoms with Gasteiger partial charge in [0, 0.05) is 19.7 Å². The zero-order valence-electron chi connectivity index (χ0n) is 6.55.